The molecule has 2 aromatic rings. The van der Waals surface area contributed by atoms with E-state index in [1.807, 2.05) is 25.1 Å². The summed E-state index contributed by atoms with van der Waals surface area (Å²) in [4.78, 5) is 2.40. The normalized spacial score (nSPS) is 12.4. The van der Waals surface area contributed by atoms with Gasteiger partial charge < -0.3 is 5.73 Å². The van der Waals surface area contributed by atoms with E-state index < -0.39 is 0 Å². The summed E-state index contributed by atoms with van der Waals surface area (Å²) in [7, 11) is 0. The summed E-state index contributed by atoms with van der Waals surface area (Å²) in [5, 5.41) is 0. The Morgan fingerprint density at radius 3 is 2.44 bits per heavy atom. The lowest BCUT2D eigenvalue weighted by atomic mass is 10.1. The molecule has 1 atom stereocenters. The minimum Gasteiger partial charge on any atom is -0.324 e. The zero-order chi connectivity index (χ0) is 13.1. The highest BCUT2D eigenvalue weighted by atomic mass is 79.9. The van der Waals surface area contributed by atoms with Gasteiger partial charge >= 0.3 is 0 Å². The van der Waals surface area contributed by atoms with E-state index in [-0.39, 0.29) is 6.04 Å². The third-order valence-corrected chi connectivity index (χ3v) is 4.55. The minimum absolute atomic E-state index is 0.0251. The van der Waals surface area contributed by atoms with E-state index in [2.05, 4.69) is 56.1 Å². The number of benzene rings is 2. The van der Waals surface area contributed by atoms with E-state index in [0.29, 0.717) is 0 Å². The van der Waals surface area contributed by atoms with E-state index in [1.165, 1.54) is 9.79 Å². The van der Waals surface area contributed by atoms with Gasteiger partial charge in [0.2, 0.25) is 0 Å². The molecule has 0 fully saturated rings. The second-order valence-electron chi connectivity index (χ2n) is 4.03. The van der Waals surface area contributed by atoms with Crippen molar-refractivity contribution in [1.29, 1.82) is 0 Å². The zero-order valence-electron chi connectivity index (χ0n) is 9.86. The predicted octanol–water partition coefficient (Wildman–Crippen LogP) is 5.38. The second-order valence-corrected chi connectivity index (χ2v) is 6.98. The van der Waals surface area contributed by atoms with Crippen molar-refractivity contribution in [3.63, 3.8) is 0 Å². The first kappa shape index (κ1) is 14.1. The first-order chi connectivity index (χ1) is 8.56. The molecule has 0 aliphatic heterocycles. The van der Waals surface area contributed by atoms with Crippen molar-refractivity contribution in [3.8, 4) is 0 Å². The fraction of sp³-hybridized carbons (Fsp3) is 0.143. The second kappa shape index (κ2) is 6.24. The smallest absolute Gasteiger partial charge is 0.0277 e. The molecule has 0 saturated heterocycles. The molecule has 0 aliphatic rings. The van der Waals surface area contributed by atoms with Gasteiger partial charge in [-0.1, -0.05) is 49.7 Å². The lowest BCUT2D eigenvalue weighted by Crippen LogP contribution is -2.06. The summed E-state index contributed by atoms with van der Waals surface area (Å²) in [5.74, 6) is 0. The Hall–Kier alpha value is -0.290. The zero-order valence-corrected chi connectivity index (χ0v) is 13.8. The Kier molecular flexibility index (Phi) is 4.90. The Morgan fingerprint density at radius 1 is 1.06 bits per heavy atom. The Morgan fingerprint density at radius 2 is 1.78 bits per heavy atom. The number of nitrogens with two attached hydrogens (primary N) is 1. The van der Waals surface area contributed by atoms with Crippen molar-refractivity contribution in [3.05, 3.63) is 57.0 Å². The van der Waals surface area contributed by atoms with Crippen LogP contribution < -0.4 is 5.73 Å². The minimum atomic E-state index is 0.0251. The topological polar surface area (TPSA) is 26.0 Å². The van der Waals surface area contributed by atoms with E-state index in [4.69, 9.17) is 5.73 Å². The maximum Gasteiger partial charge on any atom is 0.0277 e. The molecule has 18 heavy (non-hydrogen) atoms. The van der Waals surface area contributed by atoms with Crippen LogP contribution in [-0.2, 0) is 0 Å². The Labute approximate surface area is 128 Å². The van der Waals surface area contributed by atoms with Crippen LogP contribution in [0.3, 0.4) is 0 Å². The third-order valence-electron chi connectivity index (χ3n) is 2.49. The van der Waals surface area contributed by atoms with E-state index >= 15 is 0 Å². The SMILES string of the molecule is CC(N)c1cc(Br)ccc1Sc1cccc(Br)c1. The lowest BCUT2D eigenvalue weighted by Gasteiger charge is -2.13. The van der Waals surface area contributed by atoms with Crippen molar-refractivity contribution in [2.24, 2.45) is 5.73 Å². The molecular weight excluding hydrogens is 374 g/mol. The van der Waals surface area contributed by atoms with Crippen LogP contribution in [0.1, 0.15) is 18.5 Å². The maximum atomic E-state index is 6.02. The van der Waals surface area contributed by atoms with E-state index in [0.717, 1.165) is 14.5 Å². The first-order valence-electron chi connectivity index (χ1n) is 5.54. The van der Waals surface area contributed by atoms with Gasteiger partial charge in [0.05, 0.1) is 0 Å². The molecule has 0 bridgehead atoms. The quantitative estimate of drug-likeness (QED) is 0.765. The van der Waals surface area contributed by atoms with Crippen LogP contribution in [0.5, 0.6) is 0 Å². The predicted molar refractivity (Wildman–Crippen MR) is 85.0 cm³/mol. The highest BCUT2D eigenvalue weighted by molar-refractivity contribution is 9.10. The van der Waals surface area contributed by atoms with Gasteiger partial charge in [-0.3, -0.25) is 0 Å². The Bertz CT molecular complexity index is 555. The highest BCUT2D eigenvalue weighted by Gasteiger charge is 2.09. The van der Waals surface area contributed by atoms with Gasteiger partial charge in [0.1, 0.15) is 0 Å². The summed E-state index contributed by atoms with van der Waals surface area (Å²) in [6.45, 7) is 2.01. The molecule has 94 valence electrons. The molecule has 4 heteroatoms. The number of rotatable bonds is 3. The molecule has 0 aromatic heterocycles. The molecule has 0 radical (unpaired) electrons. The van der Waals surface area contributed by atoms with Gasteiger partial charge in [0.25, 0.3) is 0 Å². The molecule has 1 nitrogen and oxygen atoms in total. The van der Waals surface area contributed by atoms with Gasteiger partial charge in [-0.05, 0) is 48.9 Å². The lowest BCUT2D eigenvalue weighted by molar-refractivity contribution is 0.796. The Balaban J connectivity index is 2.34. The summed E-state index contributed by atoms with van der Waals surface area (Å²) < 4.78 is 2.15. The molecule has 2 N–H and O–H groups in total. The molecule has 0 aliphatic carbocycles. The average Bonchev–Trinajstić information content (AvgIpc) is 2.31. The van der Waals surface area contributed by atoms with Crippen LogP contribution >= 0.6 is 43.6 Å². The van der Waals surface area contributed by atoms with Crippen LogP contribution in [0.15, 0.2) is 61.2 Å². The van der Waals surface area contributed by atoms with Crippen molar-refractivity contribution >= 4 is 43.6 Å². The fourth-order valence-electron chi connectivity index (χ4n) is 1.63. The molecule has 0 spiro atoms. The summed E-state index contributed by atoms with van der Waals surface area (Å²) in [6, 6.07) is 14.5. The summed E-state index contributed by atoms with van der Waals surface area (Å²) in [6.07, 6.45) is 0. The van der Waals surface area contributed by atoms with E-state index in [9.17, 15) is 0 Å². The van der Waals surface area contributed by atoms with Gasteiger partial charge in [0, 0.05) is 24.8 Å². The fourth-order valence-corrected chi connectivity index (χ4v) is 3.64. The van der Waals surface area contributed by atoms with Crippen molar-refractivity contribution < 1.29 is 0 Å². The van der Waals surface area contributed by atoms with Crippen LogP contribution in [0, 0.1) is 0 Å². The van der Waals surface area contributed by atoms with Crippen LogP contribution in [0.2, 0.25) is 0 Å². The molecule has 0 heterocycles. The van der Waals surface area contributed by atoms with Crippen molar-refractivity contribution in [2.75, 3.05) is 0 Å². The van der Waals surface area contributed by atoms with Crippen LogP contribution in [0.25, 0.3) is 0 Å². The third kappa shape index (κ3) is 3.60. The molecule has 0 amide bonds. The molecule has 2 aromatic carbocycles. The molecule has 1 unspecified atom stereocenters. The van der Waals surface area contributed by atoms with Crippen LogP contribution in [0.4, 0.5) is 0 Å². The van der Waals surface area contributed by atoms with Crippen molar-refractivity contribution in [2.45, 2.75) is 22.8 Å². The van der Waals surface area contributed by atoms with Crippen LogP contribution in [-0.4, -0.2) is 0 Å². The average molecular weight is 387 g/mol. The van der Waals surface area contributed by atoms with Gasteiger partial charge in [-0.15, -0.1) is 0 Å². The largest absolute Gasteiger partial charge is 0.324 e. The summed E-state index contributed by atoms with van der Waals surface area (Å²) >= 11 is 8.71. The molecule has 2 rings (SSSR count). The number of halogens is 2. The monoisotopic (exact) mass is 385 g/mol. The van der Waals surface area contributed by atoms with E-state index in [1.54, 1.807) is 11.8 Å². The molecular formula is C14H13Br2NS. The van der Waals surface area contributed by atoms with Gasteiger partial charge in [-0.2, -0.15) is 0 Å². The summed E-state index contributed by atoms with van der Waals surface area (Å²) in [5.41, 5.74) is 7.18. The van der Waals surface area contributed by atoms with Gasteiger partial charge in [-0.25, -0.2) is 0 Å². The molecule has 0 saturated carbocycles. The number of hydrogen-bond acceptors (Lipinski definition) is 2. The van der Waals surface area contributed by atoms with Crippen molar-refractivity contribution in [1.82, 2.24) is 0 Å². The highest BCUT2D eigenvalue weighted by Crippen LogP contribution is 2.35. The standard InChI is InChI=1S/C14H13Br2NS/c1-9(17)13-8-11(16)5-6-14(13)18-12-4-2-3-10(15)7-12/h2-9H,17H2,1H3. The number of hydrogen-bond donors (Lipinski definition) is 1. The van der Waals surface area contributed by atoms with Gasteiger partial charge in [0.15, 0.2) is 0 Å². The maximum absolute atomic E-state index is 6.02. The first-order valence-corrected chi connectivity index (χ1v) is 7.95.